The van der Waals surface area contributed by atoms with Gasteiger partial charge in [-0.1, -0.05) is 65.3 Å². The molecule has 0 saturated heterocycles. The average molecular weight is 505 g/mol. The number of anilines is 1. The van der Waals surface area contributed by atoms with Crippen LogP contribution in [0.2, 0.25) is 5.02 Å². The van der Waals surface area contributed by atoms with Crippen molar-refractivity contribution < 1.29 is 9.59 Å². The van der Waals surface area contributed by atoms with Crippen LogP contribution in [0.3, 0.4) is 0 Å². The number of carbonyl (C=O) groups excluding carboxylic acids is 2. The van der Waals surface area contributed by atoms with E-state index < -0.39 is 5.91 Å². The molecule has 0 radical (unpaired) electrons. The Hall–Kier alpha value is -3.95. The minimum absolute atomic E-state index is 0.198. The number of hydrogen-bond acceptors (Lipinski definition) is 6. The molecule has 2 amide bonds. The lowest BCUT2D eigenvalue weighted by molar-refractivity contribution is 0.0956. The Morgan fingerprint density at radius 3 is 2.69 bits per heavy atom. The molecule has 0 bridgehead atoms. The van der Waals surface area contributed by atoms with Crippen molar-refractivity contribution in [3.63, 3.8) is 0 Å². The zero-order chi connectivity index (χ0) is 24.6. The number of benzene rings is 3. The zero-order valence-electron chi connectivity index (χ0n) is 18.7. The van der Waals surface area contributed by atoms with Crippen molar-refractivity contribution in [1.82, 2.24) is 20.6 Å². The number of nitrogens with one attached hydrogen (secondary N) is 3. The first-order valence-corrected chi connectivity index (χ1v) is 11.9. The quantitative estimate of drug-likeness (QED) is 0.176. The smallest absolute Gasteiger partial charge is 0.273 e. The number of halogens is 1. The maximum Gasteiger partial charge on any atom is 0.273 e. The van der Waals surface area contributed by atoms with E-state index in [1.807, 2.05) is 37.3 Å². The number of hydrazone groups is 1. The molecular weight excluding hydrogens is 484 g/mol. The summed E-state index contributed by atoms with van der Waals surface area (Å²) in [4.78, 5) is 29.8. The zero-order valence-corrected chi connectivity index (χ0v) is 20.2. The summed E-state index contributed by atoms with van der Waals surface area (Å²) in [5.41, 5.74) is 6.38. The number of thioether (sulfide) groups is 1. The van der Waals surface area contributed by atoms with Crippen LogP contribution in [-0.2, 0) is 5.75 Å². The van der Waals surface area contributed by atoms with Crippen molar-refractivity contribution in [3.8, 4) is 0 Å². The van der Waals surface area contributed by atoms with Gasteiger partial charge in [0.2, 0.25) is 0 Å². The van der Waals surface area contributed by atoms with E-state index >= 15 is 0 Å². The Bertz CT molecular complexity index is 1360. The highest BCUT2D eigenvalue weighted by atomic mass is 35.5. The van der Waals surface area contributed by atoms with Crippen LogP contribution < -0.4 is 10.7 Å². The predicted octanol–water partition coefficient (Wildman–Crippen LogP) is 5.08. The average Bonchev–Trinajstić information content (AvgIpc) is 3.39. The molecule has 10 heteroatoms. The number of rotatable bonds is 8. The minimum Gasteiger partial charge on any atom is -0.321 e. The van der Waals surface area contributed by atoms with E-state index in [1.54, 1.807) is 36.5 Å². The highest BCUT2D eigenvalue weighted by Crippen LogP contribution is 2.23. The van der Waals surface area contributed by atoms with Crippen LogP contribution in [0.4, 0.5) is 5.69 Å². The maximum absolute atomic E-state index is 12.9. The van der Waals surface area contributed by atoms with E-state index in [-0.39, 0.29) is 11.5 Å². The molecule has 1 heterocycles. The third kappa shape index (κ3) is 6.78. The van der Waals surface area contributed by atoms with Gasteiger partial charge in [-0.05, 0) is 48.4 Å². The van der Waals surface area contributed by atoms with Gasteiger partial charge in [0.15, 0.2) is 5.16 Å². The monoisotopic (exact) mass is 504 g/mol. The lowest BCUT2D eigenvalue weighted by atomic mass is 10.1. The highest BCUT2D eigenvalue weighted by Gasteiger charge is 2.15. The molecular formula is C25H21ClN6O2S. The number of aryl methyl sites for hydroxylation is 1. The SMILES string of the molecule is Cc1ccc(/C=N/NC(=O)c2cc(Cl)ccc2NC(=O)c2cccc(CSc3ncn[nH]3)c2)cc1. The molecule has 3 N–H and O–H groups in total. The van der Waals surface area contributed by atoms with Crippen LogP contribution >= 0.6 is 23.4 Å². The third-order valence-electron chi connectivity index (χ3n) is 4.89. The molecule has 3 aromatic carbocycles. The summed E-state index contributed by atoms with van der Waals surface area (Å²) in [6.45, 7) is 1.99. The lowest BCUT2D eigenvalue weighted by Crippen LogP contribution is -2.21. The van der Waals surface area contributed by atoms with Crippen molar-refractivity contribution >= 4 is 47.1 Å². The Morgan fingerprint density at radius 2 is 1.91 bits per heavy atom. The first-order chi connectivity index (χ1) is 17.0. The Kier molecular flexibility index (Phi) is 7.92. The predicted molar refractivity (Wildman–Crippen MR) is 138 cm³/mol. The number of carbonyl (C=O) groups is 2. The molecule has 0 aliphatic carbocycles. The second-order valence-corrected chi connectivity index (χ2v) is 8.93. The van der Waals surface area contributed by atoms with Crippen LogP contribution in [-0.4, -0.2) is 33.2 Å². The molecule has 176 valence electrons. The van der Waals surface area contributed by atoms with Crippen molar-refractivity contribution in [2.45, 2.75) is 17.8 Å². The number of aromatic nitrogens is 3. The fraction of sp³-hybridized carbons (Fsp3) is 0.0800. The summed E-state index contributed by atoms with van der Waals surface area (Å²) >= 11 is 7.59. The Morgan fingerprint density at radius 1 is 1.09 bits per heavy atom. The van der Waals surface area contributed by atoms with Crippen molar-refractivity contribution in [2.75, 3.05) is 5.32 Å². The highest BCUT2D eigenvalue weighted by molar-refractivity contribution is 7.98. The van der Waals surface area contributed by atoms with E-state index in [9.17, 15) is 9.59 Å². The van der Waals surface area contributed by atoms with Crippen LogP contribution in [0.15, 0.2) is 83.3 Å². The van der Waals surface area contributed by atoms with Gasteiger partial charge in [-0.3, -0.25) is 14.7 Å². The molecule has 0 atom stereocenters. The number of H-pyrrole nitrogens is 1. The summed E-state index contributed by atoms with van der Waals surface area (Å²) in [7, 11) is 0. The molecule has 1 aromatic heterocycles. The van der Waals surface area contributed by atoms with E-state index in [2.05, 4.69) is 31.0 Å². The number of nitrogens with zero attached hydrogens (tertiary/aromatic N) is 3. The van der Waals surface area contributed by atoms with E-state index in [4.69, 9.17) is 11.6 Å². The standard InChI is InChI=1S/C25H21ClN6O2S/c1-16-5-7-17(8-6-16)13-28-31-24(34)21-12-20(26)9-10-22(21)30-23(33)19-4-2-3-18(11-19)14-35-25-27-15-29-32-25/h2-13,15H,14H2,1H3,(H,30,33)(H,31,34)(H,27,29,32)/b28-13+. The molecule has 35 heavy (non-hydrogen) atoms. The number of aromatic amines is 1. The molecule has 0 unspecified atom stereocenters. The van der Waals surface area contributed by atoms with Crippen LogP contribution in [0.25, 0.3) is 0 Å². The topological polar surface area (TPSA) is 112 Å². The van der Waals surface area contributed by atoms with Crippen LogP contribution in [0.5, 0.6) is 0 Å². The van der Waals surface area contributed by atoms with Gasteiger partial charge < -0.3 is 5.32 Å². The maximum atomic E-state index is 12.9. The number of hydrogen-bond donors (Lipinski definition) is 3. The van der Waals surface area contributed by atoms with Gasteiger partial charge in [-0.25, -0.2) is 10.4 Å². The van der Waals surface area contributed by atoms with Crippen LogP contribution in [0.1, 0.15) is 37.4 Å². The van der Waals surface area contributed by atoms with Crippen LogP contribution in [0, 0.1) is 6.92 Å². The van der Waals surface area contributed by atoms with Crippen molar-refractivity contribution in [3.05, 3.63) is 106 Å². The molecule has 4 aromatic rings. The first-order valence-electron chi connectivity index (χ1n) is 10.6. The van der Waals surface area contributed by atoms with Gasteiger partial charge in [-0.2, -0.15) is 10.2 Å². The normalized spacial score (nSPS) is 10.9. The lowest BCUT2D eigenvalue weighted by Gasteiger charge is -2.11. The number of amides is 2. The molecule has 4 rings (SSSR count). The van der Waals surface area contributed by atoms with Gasteiger partial charge in [0.1, 0.15) is 6.33 Å². The molecule has 0 saturated carbocycles. The van der Waals surface area contributed by atoms with E-state index in [1.165, 1.54) is 24.2 Å². The summed E-state index contributed by atoms with van der Waals surface area (Å²) in [5, 5.41) is 14.5. The largest absolute Gasteiger partial charge is 0.321 e. The molecule has 0 aliphatic rings. The fourth-order valence-corrected chi connectivity index (χ4v) is 4.00. The Balaban J connectivity index is 1.44. The summed E-state index contributed by atoms with van der Waals surface area (Å²) in [6, 6.07) is 19.6. The van der Waals surface area contributed by atoms with Crippen molar-refractivity contribution in [1.29, 1.82) is 0 Å². The third-order valence-corrected chi connectivity index (χ3v) is 6.07. The summed E-state index contributed by atoms with van der Waals surface area (Å²) in [6.07, 6.45) is 2.99. The summed E-state index contributed by atoms with van der Waals surface area (Å²) in [5.74, 6) is -0.233. The minimum atomic E-state index is -0.497. The second-order valence-electron chi connectivity index (χ2n) is 7.53. The van der Waals surface area contributed by atoms with Gasteiger partial charge in [0.25, 0.3) is 11.8 Å². The van der Waals surface area contributed by atoms with E-state index in [0.717, 1.165) is 16.7 Å². The van der Waals surface area contributed by atoms with Gasteiger partial charge in [0.05, 0.1) is 17.5 Å². The van der Waals surface area contributed by atoms with E-state index in [0.29, 0.717) is 27.2 Å². The fourth-order valence-electron chi connectivity index (χ4n) is 3.10. The summed E-state index contributed by atoms with van der Waals surface area (Å²) < 4.78 is 0. The van der Waals surface area contributed by atoms with Gasteiger partial charge in [0, 0.05) is 16.3 Å². The van der Waals surface area contributed by atoms with Crippen molar-refractivity contribution in [2.24, 2.45) is 5.10 Å². The molecule has 0 spiro atoms. The molecule has 0 aliphatic heterocycles. The second kappa shape index (κ2) is 11.5. The van der Waals surface area contributed by atoms with Gasteiger partial charge >= 0.3 is 0 Å². The van der Waals surface area contributed by atoms with Gasteiger partial charge in [-0.15, -0.1) is 0 Å². The molecule has 8 nitrogen and oxygen atoms in total. The Labute approximate surface area is 211 Å². The first kappa shape index (κ1) is 24.2. The molecule has 0 fully saturated rings.